The molecule has 0 spiro atoms. The number of hydrogen-bond donors (Lipinski definition) is 0. The van der Waals surface area contributed by atoms with Gasteiger partial charge < -0.3 is 0 Å². The molecule has 0 aromatic heterocycles. The topological polar surface area (TPSA) is 0 Å². The van der Waals surface area contributed by atoms with Gasteiger partial charge in [0.15, 0.2) is 0 Å². The fourth-order valence-corrected chi connectivity index (χ4v) is 2.83. The number of halogens is 2. The summed E-state index contributed by atoms with van der Waals surface area (Å²) in [6, 6.07) is 13.6. The highest BCUT2D eigenvalue weighted by Crippen LogP contribution is 2.25. The van der Waals surface area contributed by atoms with Gasteiger partial charge >= 0.3 is 0 Å². The Morgan fingerprint density at radius 3 is 2.37 bits per heavy atom. The van der Waals surface area contributed by atoms with Crippen LogP contribution in [0.1, 0.15) is 28.2 Å². The van der Waals surface area contributed by atoms with E-state index in [0.717, 1.165) is 22.9 Å². The molecule has 1 unspecified atom stereocenters. The van der Waals surface area contributed by atoms with E-state index in [4.69, 9.17) is 0 Å². The average molecular weight is 321 g/mol. The van der Waals surface area contributed by atoms with Crippen molar-refractivity contribution in [1.82, 2.24) is 0 Å². The monoisotopic (exact) mass is 320 g/mol. The number of benzene rings is 2. The fourth-order valence-electron chi connectivity index (χ4n) is 2.23. The van der Waals surface area contributed by atoms with Gasteiger partial charge in [-0.1, -0.05) is 51.8 Å². The molecule has 2 rings (SSSR count). The van der Waals surface area contributed by atoms with Crippen LogP contribution >= 0.6 is 15.9 Å². The second-order valence-electron chi connectivity index (χ2n) is 5.04. The molecule has 2 aromatic rings. The largest absolute Gasteiger partial charge is 0.207 e. The van der Waals surface area contributed by atoms with Crippen LogP contribution in [0.2, 0.25) is 0 Å². The Bertz CT molecular complexity index is 546. The first-order valence-electron chi connectivity index (χ1n) is 6.47. The summed E-state index contributed by atoms with van der Waals surface area (Å²) in [4.78, 5) is 0. The molecule has 0 nitrogen and oxygen atoms in total. The van der Waals surface area contributed by atoms with Crippen LogP contribution in [-0.4, -0.2) is 5.33 Å². The Hall–Kier alpha value is -1.15. The molecule has 0 aliphatic rings. The molecule has 0 amide bonds. The Labute approximate surface area is 122 Å². The second kappa shape index (κ2) is 6.33. The van der Waals surface area contributed by atoms with Gasteiger partial charge in [0.05, 0.1) is 0 Å². The molecule has 0 aliphatic carbocycles. The quantitative estimate of drug-likeness (QED) is 0.682. The molecule has 0 saturated carbocycles. The third kappa shape index (κ3) is 3.66. The molecule has 0 aliphatic heterocycles. The van der Waals surface area contributed by atoms with Gasteiger partial charge in [0, 0.05) is 5.33 Å². The average Bonchev–Trinajstić information content (AvgIpc) is 2.41. The Morgan fingerprint density at radius 2 is 1.74 bits per heavy atom. The van der Waals surface area contributed by atoms with Crippen molar-refractivity contribution in [3.8, 4) is 0 Å². The number of rotatable bonds is 4. The highest BCUT2D eigenvalue weighted by Gasteiger charge is 2.13. The van der Waals surface area contributed by atoms with E-state index < -0.39 is 0 Å². The SMILES string of the molecule is Cc1ccc(C(CBr)Cc2cc(F)ccc2C)cc1. The summed E-state index contributed by atoms with van der Waals surface area (Å²) in [6.07, 6.45) is 0.859. The number of alkyl halides is 1. The van der Waals surface area contributed by atoms with Crippen molar-refractivity contribution >= 4 is 15.9 Å². The van der Waals surface area contributed by atoms with E-state index in [1.807, 2.05) is 13.0 Å². The maximum absolute atomic E-state index is 13.3. The van der Waals surface area contributed by atoms with Crippen molar-refractivity contribution in [3.05, 3.63) is 70.5 Å². The van der Waals surface area contributed by atoms with Crippen LogP contribution in [0.25, 0.3) is 0 Å². The molecule has 19 heavy (non-hydrogen) atoms. The molecule has 1 atom stereocenters. The van der Waals surface area contributed by atoms with E-state index in [-0.39, 0.29) is 5.82 Å². The zero-order valence-electron chi connectivity index (χ0n) is 11.3. The summed E-state index contributed by atoms with van der Waals surface area (Å²) >= 11 is 3.58. The Balaban J connectivity index is 2.23. The highest BCUT2D eigenvalue weighted by atomic mass is 79.9. The van der Waals surface area contributed by atoms with E-state index in [9.17, 15) is 4.39 Å². The maximum atomic E-state index is 13.3. The van der Waals surface area contributed by atoms with Gasteiger partial charge in [-0.25, -0.2) is 4.39 Å². The van der Waals surface area contributed by atoms with Gasteiger partial charge in [0.2, 0.25) is 0 Å². The zero-order valence-corrected chi connectivity index (χ0v) is 12.9. The van der Waals surface area contributed by atoms with Crippen LogP contribution < -0.4 is 0 Å². The van der Waals surface area contributed by atoms with Crippen molar-refractivity contribution < 1.29 is 4.39 Å². The van der Waals surface area contributed by atoms with Gasteiger partial charge in [0.25, 0.3) is 0 Å². The van der Waals surface area contributed by atoms with Crippen molar-refractivity contribution in [1.29, 1.82) is 0 Å². The summed E-state index contributed by atoms with van der Waals surface area (Å²) < 4.78 is 13.3. The normalized spacial score (nSPS) is 12.4. The first-order chi connectivity index (χ1) is 9.10. The van der Waals surface area contributed by atoms with Crippen LogP contribution in [-0.2, 0) is 6.42 Å². The Morgan fingerprint density at radius 1 is 1.05 bits per heavy atom. The lowest BCUT2D eigenvalue weighted by atomic mass is 9.91. The fraction of sp³-hybridized carbons (Fsp3) is 0.294. The molecule has 0 saturated heterocycles. The van der Waals surface area contributed by atoms with E-state index in [2.05, 4.69) is 47.1 Å². The molecule has 0 heterocycles. The maximum Gasteiger partial charge on any atom is 0.123 e. The van der Waals surface area contributed by atoms with Crippen LogP contribution in [0.3, 0.4) is 0 Å². The predicted molar refractivity (Wildman–Crippen MR) is 82.6 cm³/mol. The third-order valence-corrected chi connectivity index (χ3v) is 4.29. The van der Waals surface area contributed by atoms with Gasteiger partial charge in [-0.2, -0.15) is 0 Å². The smallest absolute Gasteiger partial charge is 0.123 e. The summed E-state index contributed by atoms with van der Waals surface area (Å²) in [5.74, 6) is 0.221. The molecule has 2 aromatic carbocycles. The molecule has 0 bridgehead atoms. The van der Waals surface area contributed by atoms with Gasteiger partial charge in [-0.3, -0.25) is 0 Å². The van der Waals surface area contributed by atoms with Crippen LogP contribution in [0.5, 0.6) is 0 Å². The minimum atomic E-state index is -0.155. The van der Waals surface area contributed by atoms with Crippen LogP contribution in [0.4, 0.5) is 4.39 Å². The van der Waals surface area contributed by atoms with Crippen molar-refractivity contribution in [2.45, 2.75) is 26.2 Å². The minimum absolute atomic E-state index is 0.155. The second-order valence-corrected chi connectivity index (χ2v) is 5.68. The molecule has 0 N–H and O–H groups in total. The Kier molecular flexibility index (Phi) is 4.76. The lowest BCUT2D eigenvalue weighted by Gasteiger charge is -2.16. The van der Waals surface area contributed by atoms with Gasteiger partial charge in [-0.05, 0) is 55.0 Å². The standard InChI is InChI=1S/C17H18BrF/c1-12-3-6-14(7-4-12)16(11-18)9-15-10-17(19)8-5-13(15)2/h3-8,10,16H,9,11H2,1-2H3. The molecular formula is C17H18BrF. The summed E-state index contributed by atoms with van der Waals surface area (Å²) in [7, 11) is 0. The molecular weight excluding hydrogens is 303 g/mol. The summed E-state index contributed by atoms with van der Waals surface area (Å²) in [6.45, 7) is 4.12. The third-order valence-electron chi connectivity index (χ3n) is 3.51. The summed E-state index contributed by atoms with van der Waals surface area (Å²) in [5.41, 5.74) is 4.80. The van der Waals surface area contributed by atoms with Crippen molar-refractivity contribution in [2.75, 3.05) is 5.33 Å². The van der Waals surface area contributed by atoms with Crippen molar-refractivity contribution in [3.63, 3.8) is 0 Å². The van der Waals surface area contributed by atoms with Gasteiger partial charge in [-0.15, -0.1) is 0 Å². The van der Waals surface area contributed by atoms with E-state index in [1.54, 1.807) is 6.07 Å². The lowest BCUT2D eigenvalue weighted by Crippen LogP contribution is -2.06. The molecule has 0 radical (unpaired) electrons. The minimum Gasteiger partial charge on any atom is -0.207 e. The van der Waals surface area contributed by atoms with Crippen molar-refractivity contribution in [2.24, 2.45) is 0 Å². The van der Waals surface area contributed by atoms with E-state index >= 15 is 0 Å². The first-order valence-corrected chi connectivity index (χ1v) is 7.60. The van der Waals surface area contributed by atoms with Crippen LogP contribution in [0, 0.1) is 19.7 Å². The van der Waals surface area contributed by atoms with Gasteiger partial charge in [0.1, 0.15) is 5.82 Å². The lowest BCUT2D eigenvalue weighted by molar-refractivity contribution is 0.622. The molecule has 100 valence electrons. The molecule has 2 heteroatoms. The molecule has 0 fully saturated rings. The predicted octanol–water partition coefficient (Wildman–Crippen LogP) is 5.16. The number of hydrogen-bond acceptors (Lipinski definition) is 0. The zero-order chi connectivity index (χ0) is 13.8. The first kappa shape index (κ1) is 14.3. The van der Waals surface area contributed by atoms with Crippen LogP contribution in [0.15, 0.2) is 42.5 Å². The van der Waals surface area contributed by atoms with E-state index in [1.165, 1.54) is 17.2 Å². The summed E-state index contributed by atoms with van der Waals surface area (Å²) in [5, 5.41) is 0.881. The number of aryl methyl sites for hydroxylation is 2. The highest BCUT2D eigenvalue weighted by molar-refractivity contribution is 9.09. The van der Waals surface area contributed by atoms with E-state index in [0.29, 0.717) is 5.92 Å².